The van der Waals surface area contributed by atoms with E-state index in [0.717, 1.165) is 6.54 Å². The Hall–Kier alpha value is -1.19. The van der Waals surface area contributed by atoms with Gasteiger partial charge in [-0.15, -0.1) is 24.8 Å². The summed E-state index contributed by atoms with van der Waals surface area (Å²) in [6.07, 6.45) is 3.49. The molecule has 0 saturated carbocycles. The molecule has 0 saturated heterocycles. The molecule has 0 unspecified atom stereocenters. The average Bonchev–Trinajstić information content (AvgIpc) is 2.56. The molecule has 0 amide bonds. The standard InChI is InChI=1S/C11H13N3.2ClH/c1-9-2-4-10(5-3-9)7-14-8-11(12)6-13-14;;/h2-6,8H,7,12H2,1H3;2*1H. The quantitative estimate of drug-likeness (QED) is 0.902. The van der Waals surface area contributed by atoms with Gasteiger partial charge in [-0.25, -0.2) is 0 Å². The van der Waals surface area contributed by atoms with E-state index in [4.69, 9.17) is 5.73 Å². The van der Waals surface area contributed by atoms with Crippen molar-refractivity contribution in [2.24, 2.45) is 0 Å². The number of hydrogen-bond donors (Lipinski definition) is 1. The van der Waals surface area contributed by atoms with Gasteiger partial charge in [0.25, 0.3) is 0 Å². The maximum absolute atomic E-state index is 5.57. The number of halogens is 2. The minimum atomic E-state index is 0. The molecule has 16 heavy (non-hydrogen) atoms. The Morgan fingerprint density at radius 2 is 1.81 bits per heavy atom. The van der Waals surface area contributed by atoms with Crippen LogP contribution < -0.4 is 5.73 Å². The van der Waals surface area contributed by atoms with Crippen LogP contribution in [0, 0.1) is 6.92 Å². The van der Waals surface area contributed by atoms with Crippen LogP contribution in [-0.4, -0.2) is 9.78 Å². The predicted molar refractivity (Wildman–Crippen MR) is 71.4 cm³/mol. The lowest BCUT2D eigenvalue weighted by Crippen LogP contribution is -1.99. The van der Waals surface area contributed by atoms with Crippen LogP contribution in [0.3, 0.4) is 0 Å². The number of aromatic nitrogens is 2. The van der Waals surface area contributed by atoms with Gasteiger partial charge < -0.3 is 5.73 Å². The van der Waals surface area contributed by atoms with Crippen LogP contribution in [0.5, 0.6) is 0 Å². The molecule has 2 rings (SSSR count). The van der Waals surface area contributed by atoms with Gasteiger partial charge in [0.2, 0.25) is 0 Å². The first-order chi connectivity index (χ1) is 6.74. The first kappa shape index (κ1) is 14.8. The van der Waals surface area contributed by atoms with Gasteiger partial charge in [-0.3, -0.25) is 4.68 Å². The van der Waals surface area contributed by atoms with Gasteiger partial charge in [0.1, 0.15) is 0 Å². The highest BCUT2D eigenvalue weighted by atomic mass is 35.5. The summed E-state index contributed by atoms with van der Waals surface area (Å²) in [5.74, 6) is 0. The van der Waals surface area contributed by atoms with Crippen molar-refractivity contribution >= 4 is 30.5 Å². The van der Waals surface area contributed by atoms with Crippen LogP contribution in [0.4, 0.5) is 5.69 Å². The van der Waals surface area contributed by atoms with E-state index < -0.39 is 0 Å². The van der Waals surface area contributed by atoms with Gasteiger partial charge in [-0.1, -0.05) is 29.8 Å². The third-order valence-corrected chi connectivity index (χ3v) is 2.12. The molecule has 1 aromatic heterocycles. The monoisotopic (exact) mass is 259 g/mol. The minimum absolute atomic E-state index is 0. The van der Waals surface area contributed by atoms with Crippen LogP contribution >= 0.6 is 24.8 Å². The summed E-state index contributed by atoms with van der Waals surface area (Å²) < 4.78 is 1.83. The van der Waals surface area contributed by atoms with Gasteiger partial charge >= 0.3 is 0 Å². The van der Waals surface area contributed by atoms with E-state index in [2.05, 4.69) is 36.3 Å². The Labute approximate surface area is 107 Å². The highest BCUT2D eigenvalue weighted by Gasteiger charge is 1.96. The largest absolute Gasteiger partial charge is 0.396 e. The van der Waals surface area contributed by atoms with Gasteiger partial charge in [0.05, 0.1) is 18.4 Å². The van der Waals surface area contributed by atoms with Gasteiger partial charge in [0.15, 0.2) is 0 Å². The molecule has 2 N–H and O–H groups in total. The minimum Gasteiger partial charge on any atom is -0.396 e. The predicted octanol–water partition coefficient (Wildman–Crippen LogP) is 2.67. The van der Waals surface area contributed by atoms with Crippen molar-refractivity contribution in [2.45, 2.75) is 13.5 Å². The Morgan fingerprint density at radius 1 is 1.19 bits per heavy atom. The number of nitrogen functional groups attached to an aromatic ring is 1. The molecule has 3 nitrogen and oxygen atoms in total. The fraction of sp³-hybridized carbons (Fsp3) is 0.182. The Morgan fingerprint density at radius 3 is 2.31 bits per heavy atom. The van der Waals surface area contributed by atoms with Gasteiger partial charge in [0, 0.05) is 6.20 Å². The highest BCUT2D eigenvalue weighted by molar-refractivity contribution is 5.85. The molecule has 1 heterocycles. The molecule has 0 spiro atoms. The first-order valence-corrected chi connectivity index (χ1v) is 4.57. The molecule has 2 aromatic rings. The molecule has 0 aliphatic carbocycles. The number of nitrogens with two attached hydrogens (primary N) is 1. The maximum atomic E-state index is 5.57. The second-order valence-corrected chi connectivity index (χ2v) is 3.46. The summed E-state index contributed by atoms with van der Waals surface area (Å²) in [4.78, 5) is 0. The van der Waals surface area contributed by atoms with E-state index in [9.17, 15) is 0 Å². The molecule has 0 radical (unpaired) electrons. The zero-order valence-corrected chi connectivity index (χ0v) is 10.6. The lowest BCUT2D eigenvalue weighted by Gasteiger charge is -2.01. The molecule has 0 aliphatic rings. The van der Waals surface area contributed by atoms with Gasteiger partial charge in [-0.2, -0.15) is 5.10 Å². The average molecular weight is 260 g/mol. The molecular formula is C11H15Cl2N3. The van der Waals surface area contributed by atoms with Crippen molar-refractivity contribution in [3.8, 4) is 0 Å². The van der Waals surface area contributed by atoms with Crippen molar-refractivity contribution in [3.63, 3.8) is 0 Å². The lowest BCUT2D eigenvalue weighted by molar-refractivity contribution is 0.687. The van der Waals surface area contributed by atoms with Crippen molar-refractivity contribution in [2.75, 3.05) is 5.73 Å². The van der Waals surface area contributed by atoms with Crippen molar-refractivity contribution in [3.05, 3.63) is 47.8 Å². The molecule has 88 valence electrons. The number of benzene rings is 1. The number of nitrogens with zero attached hydrogens (tertiary/aromatic N) is 2. The van der Waals surface area contributed by atoms with E-state index in [1.54, 1.807) is 6.20 Å². The van der Waals surface area contributed by atoms with Crippen LogP contribution in [0.1, 0.15) is 11.1 Å². The topological polar surface area (TPSA) is 43.8 Å². The molecule has 0 bridgehead atoms. The zero-order valence-electron chi connectivity index (χ0n) is 8.96. The normalized spacial score (nSPS) is 9.06. The fourth-order valence-electron chi connectivity index (χ4n) is 1.35. The van der Waals surface area contributed by atoms with E-state index in [-0.39, 0.29) is 24.8 Å². The number of rotatable bonds is 2. The SMILES string of the molecule is Cc1ccc(Cn2cc(N)cn2)cc1.Cl.Cl. The third kappa shape index (κ3) is 3.76. The van der Waals surface area contributed by atoms with Gasteiger partial charge in [-0.05, 0) is 12.5 Å². The number of hydrogen-bond acceptors (Lipinski definition) is 2. The lowest BCUT2D eigenvalue weighted by atomic mass is 10.1. The van der Waals surface area contributed by atoms with Crippen LogP contribution in [-0.2, 0) is 6.54 Å². The second-order valence-electron chi connectivity index (χ2n) is 3.46. The Bertz CT molecular complexity index is 423. The van der Waals surface area contributed by atoms with E-state index in [0.29, 0.717) is 5.69 Å². The summed E-state index contributed by atoms with van der Waals surface area (Å²) in [5, 5.41) is 4.13. The fourth-order valence-corrected chi connectivity index (χ4v) is 1.35. The Balaban J connectivity index is 0.00000112. The molecule has 5 heteroatoms. The molecule has 1 aromatic carbocycles. The molecule has 0 fully saturated rings. The maximum Gasteiger partial charge on any atom is 0.0719 e. The van der Waals surface area contributed by atoms with E-state index in [1.165, 1.54) is 11.1 Å². The van der Waals surface area contributed by atoms with Crippen molar-refractivity contribution in [1.82, 2.24) is 9.78 Å². The Kier molecular flexibility index (Phi) is 5.93. The molecule has 0 aliphatic heterocycles. The van der Waals surface area contributed by atoms with Crippen molar-refractivity contribution in [1.29, 1.82) is 0 Å². The van der Waals surface area contributed by atoms with E-state index >= 15 is 0 Å². The number of aryl methyl sites for hydroxylation is 1. The summed E-state index contributed by atoms with van der Waals surface area (Å²) >= 11 is 0. The summed E-state index contributed by atoms with van der Waals surface area (Å²) in [6.45, 7) is 2.85. The van der Waals surface area contributed by atoms with Crippen LogP contribution in [0.2, 0.25) is 0 Å². The summed E-state index contributed by atoms with van der Waals surface area (Å²) in [6, 6.07) is 8.41. The first-order valence-electron chi connectivity index (χ1n) is 4.57. The highest BCUT2D eigenvalue weighted by Crippen LogP contribution is 2.06. The number of anilines is 1. The molecule has 0 atom stereocenters. The third-order valence-electron chi connectivity index (χ3n) is 2.12. The van der Waals surface area contributed by atoms with E-state index in [1.807, 2.05) is 10.9 Å². The van der Waals surface area contributed by atoms with Crippen molar-refractivity contribution < 1.29 is 0 Å². The summed E-state index contributed by atoms with van der Waals surface area (Å²) in [7, 11) is 0. The zero-order chi connectivity index (χ0) is 9.97. The second kappa shape index (κ2) is 6.40. The van der Waals surface area contributed by atoms with Crippen LogP contribution in [0.25, 0.3) is 0 Å². The molecular weight excluding hydrogens is 245 g/mol. The smallest absolute Gasteiger partial charge is 0.0719 e. The van der Waals surface area contributed by atoms with Crippen LogP contribution in [0.15, 0.2) is 36.7 Å². The summed E-state index contributed by atoms with van der Waals surface area (Å²) in [5.41, 5.74) is 8.79.